The lowest BCUT2D eigenvalue weighted by molar-refractivity contribution is 0.282. The van der Waals surface area contributed by atoms with Gasteiger partial charge >= 0.3 is 0 Å². The first-order valence-corrected chi connectivity index (χ1v) is 6.64. The van der Waals surface area contributed by atoms with Gasteiger partial charge in [0.2, 0.25) is 0 Å². The molecule has 2 rings (SSSR count). The Hall–Kier alpha value is -1.94. The third kappa shape index (κ3) is 3.33. The minimum absolute atomic E-state index is 0.471. The number of hydrogen-bond acceptors (Lipinski definition) is 4. The fraction of sp³-hybridized carbons (Fsp3) is 0.375. The zero-order valence-corrected chi connectivity index (χ0v) is 12.4. The minimum atomic E-state index is 0.471. The fourth-order valence-corrected chi connectivity index (χ4v) is 2.04. The zero-order chi connectivity index (χ0) is 14.5. The van der Waals surface area contributed by atoms with Crippen molar-refractivity contribution in [1.29, 1.82) is 0 Å². The Labute approximate surface area is 119 Å². The van der Waals surface area contributed by atoms with Crippen LogP contribution in [0.3, 0.4) is 0 Å². The van der Waals surface area contributed by atoms with Crippen LogP contribution in [0.4, 0.5) is 0 Å². The maximum absolute atomic E-state index is 5.84. The van der Waals surface area contributed by atoms with Crippen LogP contribution in [0, 0.1) is 13.8 Å². The van der Waals surface area contributed by atoms with E-state index in [1.807, 2.05) is 45.2 Å². The van der Waals surface area contributed by atoms with E-state index in [1.165, 1.54) is 0 Å². The molecule has 0 aliphatic heterocycles. The molecule has 0 spiro atoms. The molecule has 0 unspecified atom stereocenters. The normalized spacial score (nSPS) is 10.6. The maximum Gasteiger partial charge on any atom is 0.161 e. The molecule has 0 fully saturated rings. The Kier molecular flexibility index (Phi) is 4.69. The lowest BCUT2D eigenvalue weighted by atomic mass is 10.2. The van der Waals surface area contributed by atoms with E-state index < -0.39 is 0 Å². The predicted octanol–water partition coefficient (Wildman–Crippen LogP) is 3.20. The minimum Gasteiger partial charge on any atom is -0.493 e. The van der Waals surface area contributed by atoms with Crippen LogP contribution < -0.4 is 14.8 Å². The number of rotatable bonds is 6. The molecule has 20 heavy (non-hydrogen) atoms. The Morgan fingerprint density at radius 2 is 1.95 bits per heavy atom. The number of benzene rings is 1. The highest BCUT2D eigenvalue weighted by atomic mass is 16.5. The van der Waals surface area contributed by atoms with Gasteiger partial charge in [0, 0.05) is 5.56 Å². The van der Waals surface area contributed by atoms with Gasteiger partial charge in [-0.3, -0.25) is 0 Å². The third-order valence-electron chi connectivity index (χ3n) is 3.12. The van der Waals surface area contributed by atoms with Crippen molar-refractivity contribution in [2.24, 2.45) is 0 Å². The number of hydrogen-bond donors (Lipinski definition) is 1. The predicted molar refractivity (Wildman–Crippen MR) is 78.3 cm³/mol. The quantitative estimate of drug-likeness (QED) is 0.879. The van der Waals surface area contributed by atoms with E-state index in [0.717, 1.165) is 34.1 Å². The van der Waals surface area contributed by atoms with Gasteiger partial charge in [-0.25, -0.2) is 0 Å². The number of furan rings is 1. The molecule has 1 N–H and O–H groups in total. The highest BCUT2D eigenvalue weighted by Gasteiger charge is 2.10. The number of aryl methyl sites for hydroxylation is 2. The Balaban J connectivity index is 2.08. The van der Waals surface area contributed by atoms with Gasteiger partial charge in [-0.2, -0.15) is 0 Å². The highest BCUT2D eigenvalue weighted by Crippen LogP contribution is 2.29. The molecule has 0 radical (unpaired) electrons. The van der Waals surface area contributed by atoms with Crippen LogP contribution in [0.15, 0.2) is 28.7 Å². The van der Waals surface area contributed by atoms with Crippen molar-refractivity contribution >= 4 is 0 Å². The summed E-state index contributed by atoms with van der Waals surface area (Å²) in [5, 5.41) is 3.07. The van der Waals surface area contributed by atoms with E-state index in [-0.39, 0.29) is 0 Å². The van der Waals surface area contributed by atoms with Crippen molar-refractivity contribution in [3.8, 4) is 11.5 Å². The lowest BCUT2D eigenvalue weighted by Crippen LogP contribution is -2.03. The van der Waals surface area contributed by atoms with Crippen LogP contribution in [0.1, 0.15) is 22.6 Å². The summed E-state index contributed by atoms with van der Waals surface area (Å²) in [6.07, 6.45) is 0. The van der Waals surface area contributed by atoms with Crippen molar-refractivity contribution in [1.82, 2.24) is 5.32 Å². The van der Waals surface area contributed by atoms with Gasteiger partial charge in [0.25, 0.3) is 0 Å². The average molecular weight is 275 g/mol. The van der Waals surface area contributed by atoms with Crippen LogP contribution in [0.25, 0.3) is 0 Å². The Morgan fingerprint density at radius 1 is 1.15 bits per heavy atom. The van der Waals surface area contributed by atoms with Crippen LogP contribution in [0.5, 0.6) is 11.5 Å². The summed E-state index contributed by atoms with van der Waals surface area (Å²) >= 11 is 0. The molecule has 1 aromatic carbocycles. The van der Waals surface area contributed by atoms with Crippen molar-refractivity contribution in [2.75, 3.05) is 14.2 Å². The highest BCUT2D eigenvalue weighted by molar-refractivity contribution is 5.42. The van der Waals surface area contributed by atoms with Gasteiger partial charge in [-0.1, -0.05) is 6.07 Å². The second kappa shape index (κ2) is 6.48. The van der Waals surface area contributed by atoms with Crippen molar-refractivity contribution in [2.45, 2.75) is 27.0 Å². The smallest absolute Gasteiger partial charge is 0.161 e. The summed E-state index contributed by atoms with van der Waals surface area (Å²) in [7, 11) is 3.54. The van der Waals surface area contributed by atoms with Crippen molar-refractivity contribution < 1.29 is 13.9 Å². The van der Waals surface area contributed by atoms with Gasteiger partial charge in [0.05, 0.1) is 13.7 Å². The zero-order valence-electron chi connectivity index (χ0n) is 12.4. The first-order valence-electron chi connectivity index (χ1n) is 6.64. The van der Waals surface area contributed by atoms with E-state index in [2.05, 4.69) is 5.32 Å². The average Bonchev–Trinajstić information content (AvgIpc) is 2.78. The number of methoxy groups -OCH3 is 1. The van der Waals surface area contributed by atoms with Gasteiger partial charge in [-0.15, -0.1) is 0 Å². The third-order valence-corrected chi connectivity index (χ3v) is 3.12. The van der Waals surface area contributed by atoms with Crippen LogP contribution in [-0.2, 0) is 13.2 Å². The SMILES string of the molecule is CNCc1cc(COc2ccc(C)cc2OC)c(C)o1. The second-order valence-corrected chi connectivity index (χ2v) is 4.77. The van der Waals surface area contributed by atoms with Gasteiger partial charge in [0.1, 0.15) is 18.1 Å². The van der Waals surface area contributed by atoms with Crippen molar-refractivity contribution in [3.05, 3.63) is 46.9 Å². The molecular weight excluding hydrogens is 254 g/mol. The van der Waals surface area contributed by atoms with Gasteiger partial charge in [-0.05, 0) is 44.7 Å². The van der Waals surface area contributed by atoms with E-state index >= 15 is 0 Å². The molecule has 0 atom stereocenters. The van der Waals surface area contributed by atoms with Crippen LogP contribution >= 0.6 is 0 Å². The molecule has 4 heteroatoms. The van der Waals surface area contributed by atoms with Crippen LogP contribution in [-0.4, -0.2) is 14.2 Å². The number of ether oxygens (including phenoxy) is 2. The van der Waals surface area contributed by atoms with E-state index in [9.17, 15) is 0 Å². The topological polar surface area (TPSA) is 43.6 Å². The molecule has 0 aliphatic rings. The molecule has 4 nitrogen and oxygen atoms in total. The fourth-order valence-electron chi connectivity index (χ4n) is 2.04. The Morgan fingerprint density at radius 3 is 2.65 bits per heavy atom. The lowest BCUT2D eigenvalue weighted by Gasteiger charge is -2.10. The second-order valence-electron chi connectivity index (χ2n) is 4.77. The molecule has 2 aromatic rings. The van der Waals surface area contributed by atoms with Crippen LogP contribution in [0.2, 0.25) is 0 Å². The molecular formula is C16H21NO3. The summed E-state index contributed by atoms with van der Waals surface area (Å²) in [4.78, 5) is 0. The molecule has 0 bridgehead atoms. The summed E-state index contributed by atoms with van der Waals surface area (Å²) in [5.41, 5.74) is 2.20. The van der Waals surface area contributed by atoms with E-state index in [0.29, 0.717) is 13.2 Å². The monoisotopic (exact) mass is 275 g/mol. The van der Waals surface area contributed by atoms with E-state index in [4.69, 9.17) is 13.9 Å². The molecule has 1 aromatic heterocycles. The summed E-state index contributed by atoms with van der Waals surface area (Å²) < 4.78 is 16.8. The number of nitrogens with one attached hydrogen (secondary N) is 1. The van der Waals surface area contributed by atoms with Gasteiger partial charge in [0.15, 0.2) is 11.5 Å². The molecule has 0 aliphatic carbocycles. The molecule has 108 valence electrons. The van der Waals surface area contributed by atoms with Crippen molar-refractivity contribution in [3.63, 3.8) is 0 Å². The molecule has 0 saturated heterocycles. The first kappa shape index (κ1) is 14.5. The Bertz CT molecular complexity index is 575. The molecule has 0 amide bonds. The first-order chi connectivity index (χ1) is 9.63. The summed E-state index contributed by atoms with van der Waals surface area (Å²) in [6.45, 7) is 5.16. The largest absolute Gasteiger partial charge is 0.493 e. The van der Waals surface area contributed by atoms with Gasteiger partial charge < -0.3 is 19.2 Å². The molecule has 1 heterocycles. The van der Waals surface area contributed by atoms with E-state index in [1.54, 1.807) is 7.11 Å². The maximum atomic E-state index is 5.84. The molecule has 0 saturated carbocycles. The standard InChI is InChI=1S/C16H21NO3/c1-11-5-6-15(16(7-11)18-4)19-10-13-8-14(9-17-3)20-12(13)2/h5-8,17H,9-10H2,1-4H3. The summed E-state index contributed by atoms with van der Waals surface area (Å²) in [5.74, 6) is 3.30. The summed E-state index contributed by atoms with van der Waals surface area (Å²) in [6, 6.07) is 7.92.